The molecule has 0 saturated heterocycles. The Hall–Kier alpha value is -4.12. The van der Waals surface area contributed by atoms with Crippen molar-refractivity contribution in [3.05, 3.63) is 107 Å². The second-order valence-corrected chi connectivity index (χ2v) is 10.4. The average molecular weight is 473 g/mol. The predicted octanol–water partition coefficient (Wildman–Crippen LogP) is 7.06. The van der Waals surface area contributed by atoms with E-state index in [9.17, 15) is 4.79 Å². The van der Waals surface area contributed by atoms with Crippen LogP contribution in [0.5, 0.6) is 0 Å². The van der Waals surface area contributed by atoms with Crippen molar-refractivity contribution >= 4 is 33.7 Å². The Morgan fingerprint density at radius 2 is 1.72 bits per heavy atom. The van der Waals surface area contributed by atoms with E-state index in [-0.39, 0.29) is 17.7 Å². The van der Waals surface area contributed by atoms with Gasteiger partial charge in [0.2, 0.25) is 5.95 Å². The van der Waals surface area contributed by atoms with Crippen LogP contribution < -0.4 is 5.32 Å². The summed E-state index contributed by atoms with van der Waals surface area (Å²) >= 11 is 0. The molecule has 0 bridgehead atoms. The van der Waals surface area contributed by atoms with E-state index in [1.807, 2.05) is 24.3 Å². The number of aromatic amines is 1. The van der Waals surface area contributed by atoms with Crippen LogP contribution in [0.25, 0.3) is 21.9 Å². The highest BCUT2D eigenvalue weighted by Crippen LogP contribution is 2.47. The quantitative estimate of drug-likeness (QED) is 0.296. The molecule has 2 N–H and O–H groups in total. The summed E-state index contributed by atoms with van der Waals surface area (Å²) in [5.41, 5.74) is 8.56. The summed E-state index contributed by atoms with van der Waals surface area (Å²) in [6.45, 7) is 4.41. The number of imidazole rings is 1. The first-order valence-electron chi connectivity index (χ1n) is 12.7. The summed E-state index contributed by atoms with van der Waals surface area (Å²) in [7, 11) is 0. The van der Waals surface area contributed by atoms with E-state index in [1.165, 1.54) is 11.1 Å². The van der Waals surface area contributed by atoms with Crippen molar-refractivity contribution in [2.45, 2.75) is 44.6 Å². The van der Waals surface area contributed by atoms with Gasteiger partial charge in [0.25, 0.3) is 0 Å². The Morgan fingerprint density at radius 1 is 0.944 bits per heavy atom. The van der Waals surface area contributed by atoms with Gasteiger partial charge in [0.15, 0.2) is 5.78 Å². The number of nitrogens with zero attached hydrogens (tertiary/aromatic N) is 2. The fourth-order valence-electron chi connectivity index (χ4n) is 6.03. The van der Waals surface area contributed by atoms with Gasteiger partial charge in [-0.15, -0.1) is 0 Å². The molecule has 1 aliphatic carbocycles. The SMILES string of the molecule is CC(C)c1ccc([C@H]2CC(=O)C3=C(C2)Nc2nc4ccccc4n2[C@@H]3c2c[nH]c3ccccc23)cc1. The van der Waals surface area contributed by atoms with Crippen LogP contribution in [0.2, 0.25) is 0 Å². The van der Waals surface area contributed by atoms with Crippen molar-refractivity contribution in [3.63, 3.8) is 0 Å². The molecule has 0 amide bonds. The van der Waals surface area contributed by atoms with Gasteiger partial charge in [-0.25, -0.2) is 4.98 Å². The maximum absolute atomic E-state index is 14.0. The number of benzene rings is 3. The molecule has 5 nitrogen and oxygen atoms in total. The maximum Gasteiger partial charge on any atom is 0.209 e. The van der Waals surface area contributed by atoms with E-state index < -0.39 is 0 Å². The molecule has 5 aromatic rings. The molecule has 178 valence electrons. The smallest absolute Gasteiger partial charge is 0.209 e. The summed E-state index contributed by atoms with van der Waals surface area (Å²) in [5, 5.41) is 4.73. The molecule has 0 fully saturated rings. The maximum atomic E-state index is 14.0. The number of hydrogen-bond donors (Lipinski definition) is 2. The number of carbonyl (C=O) groups is 1. The number of Topliss-reactive ketones (excluding diaryl/α,β-unsaturated/α-hetero) is 1. The van der Waals surface area contributed by atoms with Gasteiger partial charge >= 0.3 is 0 Å². The number of carbonyl (C=O) groups excluding carboxylic acids is 1. The Kier molecular flexibility index (Phi) is 4.68. The number of allylic oxidation sites excluding steroid dienone is 2. The van der Waals surface area contributed by atoms with Crippen LogP contribution in [0.3, 0.4) is 0 Å². The molecule has 5 heteroatoms. The van der Waals surface area contributed by atoms with Gasteiger partial charge in [-0.2, -0.15) is 0 Å². The van der Waals surface area contributed by atoms with Crippen molar-refractivity contribution in [1.82, 2.24) is 14.5 Å². The fourth-order valence-corrected chi connectivity index (χ4v) is 6.03. The monoisotopic (exact) mass is 472 g/mol. The number of hydrogen-bond acceptors (Lipinski definition) is 3. The largest absolute Gasteiger partial charge is 0.361 e. The number of H-pyrrole nitrogens is 1. The Bertz CT molecular complexity index is 1670. The number of aromatic nitrogens is 3. The molecule has 36 heavy (non-hydrogen) atoms. The highest BCUT2D eigenvalue weighted by molar-refractivity contribution is 6.02. The second-order valence-electron chi connectivity index (χ2n) is 10.4. The van der Waals surface area contributed by atoms with Gasteiger partial charge in [0, 0.05) is 40.4 Å². The molecule has 0 radical (unpaired) electrons. The molecule has 0 spiro atoms. The van der Waals surface area contributed by atoms with Crippen LogP contribution in [0.1, 0.15) is 61.3 Å². The highest BCUT2D eigenvalue weighted by atomic mass is 16.1. The molecule has 7 rings (SSSR count). The van der Waals surface area contributed by atoms with Gasteiger partial charge in [0.05, 0.1) is 17.1 Å². The van der Waals surface area contributed by atoms with Crippen LogP contribution in [-0.4, -0.2) is 20.3 Å². The molecule has 2 aliphatic rings. The molecular weight excluding hydrogens is 444 g/mol. The number of anilines is 1. The zero-order valence-corrected chi connectivity index (χ0v) is 20.5. The minimum absolute atomic E-state index is 0.157. The summed E-state index contributed by atoms with van der Waals surface area (Å²) in [4.78, 5) is 22.3. The molecule has 1 aliphatic heterocycles. The normalized spacial score (nSPS) is 19.6. The van der Waals surface area contributed by atoms with E-state index in [4.69, 9.17) is 4.98 Å². The number of nitrogens with one attached hydrogen (secondary N) is 2. The Balaban J connectivity index is 1.39. The van der Waals surface area contributed by atoms with E-state index in [0.29, 0.717) is 12.3 Å². The molecule has 2 aromatic heterocycles. The lowest BCUT2D eigenvalue weighted by atomic mass is 9.77. The van der Waals surface area contributed by atoms with Crippen molar-refractivity contribution in [1.29, 1.82) is 0 Å². The van der Waals surface area contributed by atoms with Gasteiger partial charge in [-0.05, 0) is 47.6 Å². The van der Waals surface area contributed by atoms with Crippen LogP contribution >= 0.6 is 0 Å². The van der Waals surface area contributed by atoms with Crippen molar-refractivity contribution < 1.29 is 4.79 Å². The zero-order valence-electron chi connectivity index (χ0n) is 20.5. The standard InChI is InChI=1S/C31H28N4O/c1-18(2)19-11-13-20(14-12-19)21-15-26-29(28(36)16-21)30(23-17-32-24-8-4-3-7-22(23)24)35-27-10-6-5-9-25(27)33-31(35)34-26/h3-14,17-18,21,30,32H,15-16H2,1-2H3,(H,33,34)/t21-,30-/m1/s1. The van der Waals surface area contributed by atoms with Crippen molar-refractivity contribution in [2.75, 3.05) is 5.32 Å². The topological polar surface area (TPSA) is 62.7 Å². The first kappa shape index (κ1) is 21.2. The first-order valence-corrected chi connectivity index (χ1v) is 12.7. The number of para-hydroxylation sites is 3. The first-order chi connectivity index (χ1) is 17.6. The summed E-state index contributed by atoms with van der Waals surface area (Å²) in [6.07, 6.45) is 3.38. The predicted molar refractivity (Wildman–Crippen MR) is 144 cm³/mol. The van der Waals surface area contributed by atoms with E-state index >= 15 is 0 Å². The summed E-state index contributed by atoms with van der Waals surface area (Å²) in [5.74, 6) is 1.66. The minimum atomic E-state index is -0.225. The molecule has 0 saturated carbocycles. The summed E-state index contributed by atoms with van der Waals surface area (Å²) in [6, 6.07) is 25.1. The Labute approximate surface area is 209 Å². The fraction of sp³-hybridized carbons (Fsp3) is 0.226. The number of rotatable bonds is 3. The molecule has 3 aromatic carbocycles. The number of fused-ring (bicyclic) bond motifs is 4. The van der Waals surface area contributed by atoms with E-state index in [1.54, 1.807) is 0 Å². The Morgan fingerprint density at radius 3 is 2.56 bits per heavy atom. The number of ketones is 1. The van der Waals surface area contributed by atoms with Crippen LogP contribution in [0, 0.1) is 0 Å². The van der Waals surface area contributed by atoms with E-state index in [0.717, 1.165) is 51.1 Å². The third-order valence-electron chi connectivity index (χ3n) is 7.89. The lowest BCUT2D eigenvalue weighted by Crippen LogP contribution is -2.33. The molecule has 3 heterocycles. The minimum Gasteiger partial charge on any atom is -0.361 e. The molecular formula is C31H28N4O. The third-order valence-corrected chi connectivity index (χ3v) is 7.89. The lowest BCUT2D eigenvalue weighted by molar-refractivity contribution is -0.116. The molecule has 2 atom stereocenters. The van der Waals surface area contributed by atoms with Crippen molar-refractivity contribution in [2.24, 2.45) is 0 Å². The van der Waals surface area contributed by atoms with Gasteiger partial charge in [0.1, 0.15) is 0 Å². The van der Waals surface area contributed by atoms with Gasteiger partial charge in [-0.3, -0.25) is 9.36 Å². The second kappa shape index (κ2) is 7.95. The van der Waals surface area contributed by atoms with Gasteiger partial charge in [-0.1, -0.05) is 68.4 Å². The van der Waals surface area contributed by atoms with Crippen LogP contribution in [0.4, 0.5) is 5.95 Å². The van der Waals surface area contributed by atoms with Crippen molar-refractivity contribution in [3.8, 4) is 0 Å². The average Bonchev–Trinajstić information content (AvgIpc) is 3.49. The zero-order chi connectivity index (χ0) is 24.4. The highest BCUT2D eigenvalue weighted by Gasteiger charge is 2.40. The van der Waals surface area contributed by atoms with Gasteiger partial charge < -0.3 is 10.3 Å². The van der Waals surface area contributed by atoms with E-state index in [2.05, 4.69) is 83.4 Å². The van der Waals surface area contributed by atoms with Crippen LogP contribution in [-0.2, 0) is 4.79 Å². The lowest BCUT2D eigenvalue weighted by Gasteiger charge is -2.36. The molecule has 0 unspecified atom stereocenters. The summed E-state index contributed by atoms with van der Waals surface area (Å²) < 4.78 is 2.21. The third kappa shape index (κ3) is 3.15. The van der Waals surface area contributed by atoms with Crippen LogP contribution in [0.15, 0.2) is 90.3 Å².